The number of rotatable bonds is 4. The van der Waals surface area contributed by atoms with Gasteiger partial charge in [-0.05, 0) is 39.3 Å². The molecule has 1 saturated heterocycles. The minimum atomic E-state index is 0.125. The van der Waals surface area contributed by atoms with Crippen molar-refractivity contribution in [3.63, 3.8) is 0 Å². The molecule has 5 heteroatoms. The third-order valence-corrected chi connectivity index (χ3v) is 4.34. The first kappa shape index (κ1) is 15.0. The smallest absolute Gasteiger partial charge is 0.272 e. The van der Waals surface area contributed by atoms with Crippen LogP contribution < -0.4 is 5.32 Å². The Bertz CT molecular complexity index is 468. The Morgan fingerprint density at radius 1 is 1.50 bits per heavy atom. The first-order valence-electron chi connectivity index (χ1n) is 7.61. The van der Waals surface area contributed by atoms with Crippen LogP contribution in [0.25, 0.3) is 0 Å². The van der Waals surface area contributed by atoms with Crippen LogP contribution >= 0.6 is 0 Å². The van der Waals surface area contributed by atoms with Crippen molar-refractivity contribution in [2.45, 2.75) is 46.2 Å². The van der Waals surface area contributed by atoms with Crippen molar-refractivity contribution >= 4 is 5.91 Å². The van der Waals surface area contributed by atoms with Gasteiger partial charge in [0.05, 0.1) is 5.69 Å². The molecule has 1 aromatic heterocycles. The Kier molecular flexibility index (Phi) is 4.81. The predicted molar refractivity (Wildman–Crippen MR) is 79.8 cm³/mol. The van der Waals surface area contributed by atoms with Crippen LogP contribution in [-0.2, 0) is 6.54 Å². The normalized spacial score (nSPS) is 23.1. The second kappa shape index (κ2) is 6.39. The van der Waals surface area contributed by atoms with Crippen LogP contribution in [0.4, 0.5) is 0 Å². The van der Waals surface area contributed by atoms with E-state index in [0.29, 0.717) is 12.0 Å². The Hall–Kier alpha value is -1.36. The fourth-order valence-corrected chi connectivity index (χ4v) is 3.13. The second-order valence-electron chi connectivity index (χ2n) is 5.59. The summed E-state index contributed by atoms with van der Waals surface area (Å²) < 4.78 is 1.81. The molecule has 0 aromatic carbocycles. The molecule has 1 N–H and O–H groups in total. The highest BCUT2D eigenvalue weighted by Gasteiger charge is 2.31. The maximum absolute atomic E-state index is 12.7. The minimum Gasteiger partial charge on any atom is -0.337 e. The molecule has 1 aliphatic heterocycles. The van der Waals surface area contributed by atoms with Crippen LogP contribution in [0.2, 0.25) is 0 Å². The average molecular weight is 278 g/mol. The summed E-state index contributed by atoms with van der Waals surface area (Å²) in [6, 6.07) is 2.43. The number of hydrogen-bond acceptors (Lipinski definition) is 3. The number of aryl methyl sites for hydroxylation is 2. The zero-order valence-corrected chi connectivity index (χ0v) is 13.0. The monoisotopic (exact) mass is 278 g/mol. The number of carbonyl (C=O) groups is 1. The van der Waals surface area contributed by atoms with E-state index in [4.69, 9.17) is 0 Å². The van der Waals surface area contributed by atoms with E-state index >= 15 is 0 Å². The Morgan fingerprint density at radius 3 is 2.85 bits per heavy atom. The lowest BCUT2D eigenvalue weighted by Gasteiger charge is -2.38. The van der Waals surface area contributed by atoms with Crippen LogP contribution in [0.15, 0.2) is 6.07 Å². The topological polar surface area (TPSA) is 50.2 Å². The van der Waals surface area contributed by atoms with Crippen molar-refractivity contribution in [3.05, 3.63) is 17.5 Å². The number of amides is 1. The molecule has 0 bridgehead atoms. The number of nitrogens with zero attached hydrogens (tertiary/aromatic N) is 3. The maximum atomic E-state index is 12.7. The van der Waals surface area contributed by atoms with Crippen LogP contribution in [0, 0.1) is 12.8 Å². The van der Waals surface area contributed by atoms with Gasteiger partial charge in [0, 0.05) is 25.7 Å². The minimum absolute atomic E-state index is 0.125. The Morgan fingerprint density at radius 2 is 2.25 bits per heavy atom. The van der Waals surface area contributed by atoms with Gasteiger partial charge in [-0.3, -0.25) is 9.48 Å². The molecule has 1 amide bonds. The lowest BCUT2D eigenvalue weighted by atomic mass is 9.90. The summed E-state index contributed by atoms with van der Waals surface area (Å²) >= 11 is 0. The Labute approximate surface area is 121 Å². The standard InChI is InChI=1S/C15H26N4O/c1-5-12-10-18(8-7-13(12)16-4)15(20)14-9-11(3)17-19(14)6-2/h9,12-13,16H,5-8,10H2,1-4H3. The average Bonchev–Trinajstić information content (AvgIpc) is 2.86. The molecule has 5 nitrogen and oxygen atoms in total. The van der Waals surface area contributed by atoms with Crippen LogP contribution in [-0.4, -0.2) is 46.8 Å². The van der Waals surface area contributed by atoms with Crippen LogP contribution in [0.3, 0.4) is 0 Å². The molecular formula is C15H26N4O. The van der Waals surface area contributed by atoms with Crippen LogP contribution in [0.1, 0.15) is 42.9 Å². The van der Waals surface area contributed by atoms with Crippen molar-refractivity contribution in [1.82, 2.24) is 20.0 Å². The summed E-state index contributed by atoms with van der Waals surface area (Å²) in [6.07, 6.45) is 2.13. The largest absolute Gasteiger partial charge is 0.337 e. The molecule has 0 radical (unpaired) electrons. The molecule has 0 spiro atoms. The molecule has 112 valence electrons. The van der Waals surface area contributed by atoms with Crippen molar-refractivity contribution in [3.8, 4) is 0 Å². The van der Waals surface area contributed by atoms with E-state index in [-0.39, 0.29) is 5.91 Å². The summed E-state index contributed by atoms with van der Waals surface area (Å²) in [6.45, 7) is 8.56. The lowest BCUT2D eigenvalue weighted by Crippen LogP contribution is -2.50. The molecule has 0 saturated carbocycles. The Balaban J connectivity index is 2.13. The first-order valence-corrected chi connectivity index (χ1v) is 7.61. The highest BCUT2D eigenvalue weighted by molar-refractivity contribution is 5.92. The molecule has 2 rings (SSSR count). The number of piperidine rings is 1. The summed E-state index contributed by atoms with van der Waals surface area (Å²) in [5.74, 6) is 0.664. The van der Waals surface area contributed by atoms with E-state index in [9.17, 15) is 4.79 Å². The number of carbonyl (C=O) groups excluding carboxylic acids is 1. The zero-order valence-electron chi connectivity index (χ0n) is 13.0. The zero-order chi connectivity index (χ0) is 14.7. The molecule has 2 unspecified atom stereocenters. The number of hydrogen-bond donors (Lipinski definition) is 1. The third kappa shape index (κ3) is 2.87. The van der Waals surface area contributed by atoms with Gasteiger partial charge in [-0.2, -0.15) is 5.10 Å². The molecule has 0 aliphatic carbocycles. The van der Waals surface area contributed by atoms with Gasteiger partial charge < -0.3 is 10.2 Å². The van der Waals surface area contributed by atoms with E-state index in [1.165, 1.54) is 0 Å². The molecule has 1 aromatic rings. The second-order valence-corrected chi connectivity index (χ2v) is 5.59. The molecule has 20 heavy (non-hydrogen) atoms. The fourth-order valence-electron chi connectivity index (χ4n) is 3.13. The summed E-state index contributed by atoms with van der Waals surface area (Å²) in [5, 5.41) is 7.75. The molecule has 2 atom stereocenters. The van der Waals surface area contributed by atoms with Crippen LogP contribution in [0.5, 0.6) is 0 Å². The highest BCUT2D eigenvalue weighted by atomic mass is 16.2. The summed E-state index contributed by atoms with van der Waals surface area (Å²) in [5.41, 5.74) is 1.63. The summed E-state index contributed by atoms with van der Waals surface area (Å²) in [7, 11) is 2.01. The van der Waals surface area contributed by atoms with Gasteiger partial charge in [0.15, 0.2) is 0 Å². The molecule has 1 fully saturated rings. The number of aromatic nitrogens is 2. The number of nitrogens with one attached hydrogen (secondary N) is 1. The van der Waals surface area contributed by atoms with Gasteiger partial charge in [-0.25, -0.2) is 0 Å². The maximum Gasteiger partial charge on any atom is 0.272 e. The summed E-state index contributed by atoms with van der Waals surface area (Å²) in [4.78, 5) is 14.7. The quantitative estimate of drug-likeness (QED) is 0.911. The molecule has 2 heterocycles. The van der Waals surface area contributed by atoms with Gasteiger partial charge in [-0.1, -0.05) is 13.3 Å². The van der Waals surface area contributed by atoms with Gasteiger partial charge >= 0.3 is 0 Å². The highest BCUT2D eigenvalue weighted by Crippen LogP contribution is 2.21. The predicted octanol–water partition coefficient (Wildman–Crippen LogP) is 1.67. The van der Waals surface area contributed by atoms with Gasteiger partial charge in [0.1, 0.15) is 5.69 Å². The molecular weight excluding hydrogens is 252 g/mol. The first-order chi connectivity index (χ1) is 9.60. The van der Waals surface area contributed by atoms with E-state index < -0.39 is 0 Å². The lowest BCUT2D eigenvalue weighted by molar-refractivity contribution is 0.0619. The van der Waals surface area contributed by atoms with E-state index in [0.717, 1.165) is 43.9 Å². The van der Waals surface area contributed by atoms with E-state index in [1.807, 2.05) is 36.5 Å². The van der Waals surface area contributed by atoms with E-state index in [2.05, 4.69) is 17.3 Å². The van der Waals surface area contributed by atoms with Crippen molar-refractivity contribution in [1.29, 1.82) is 0 Å². The number of likely N-dealkylation sites (tertiary alicyclic amines) is 1. The van der Waals surface area contributed by atoms with Gasteiger partial charge in [0.25, 0.3) is 5.91 Å². The fraction of sp³-hybridized carbons (Fsp3) is 0.733. The van der Waals surface area contributed by atoms with Gasteiger partial charge in [0.2, 0.25) is 0 Å². The van der Waals surface area contributed by atoms with E-state index in [1.54, 1.807) is 0 Å². The SMILES string of the molecule is CCC1CN(C(=O)c2cc(C)nn2CC)CCC1NC. The van der Waals surface area contributed by atoms with Crippen molar-refractivity contribution < 1.29 is 4.79 Å². The molecule has 1 aliphatic rings. The van der Waals surface area contributed by atoms with Crippen molar-refractivity contribution in [2.24, 2.45) is 5.92 Å². The van der Waals surface area contributed by atoms with Crippen molar-refractivity contribution in [2.75, 3.05) is 20.1 Å². The van der Waals surface area contributed by atoms with Gasteiger partial charge in [-0.15, -0.1) is 0 Å². The third-order valence-electron chi connectivity index (χ3n) is 4.34.